The van der Waals surface area contributed by atoms with Crippen LogP contribution in [0.25, 0.3) is 0 Å². The van der Waals surface area contributed by atoms with Gasteiger partial charge >= 0.3 is 12.1 Å². The van der Waals surface area contributed by atoms with Crippen molar-refractivity contribution >= 4 is 29.8 Å². The van der Waals surface area contributed by atoms with Crippen LogP contribution in [0.5, 0.6) is 0 Å². The van der Waals surface area contributed by atoms with Gasteiger partial charge in [0.25, 0.3) is 0 Å². The number of nitrogens with zero attached hydrogens (tertiary/aromatic N) is 1. The predicted octanol–water partition coefficient (Wildman–Crippen LogP) is 0.806. The molecule has 1 aliphatic heterocycles. The van der Waals surface area contributed by atoms with Gasteiger partial charge in [-0.2, -0.15) is 0 Å². The second-order valence-electron chi connectivity index (χ2n) is 9.56. The number of hydrogen-bond donors (Lipinski definition) is 4. The van der Waals surface area contributed by atoms with Gasteiger partial charge in [-0.05, 0) is 39.2 Å². The molecule has 0 radical (unpaired) electrons. The number of nitrogens with one attached hydrogen (secondary N) is 2. The van der Waals surface area contributed by atoms with Gasteiger partial charge in [-0.3, -0.25) is 14.4 Å². The molecule has 11 nitrogen and oxygen atoms in total. The van der Waals surface area contributed by atoms with Crippen molar-refractivity contribution in [3.8, 4) is 0 Å². The number of rotatable bonds is 9. The lowest BCUT2D eigenvalue weighted by Gasteiger charge is -2.34. The number of primary amides is 1. The number of aliphatic carboxylic acids is 1. The van der Waals surface area contributed by atoms with Crippen LogP contribution in [0.1, 0.15) is 45.6 Å². The Hall–Kier alpha value is -3.63. The minimum atomic E-state index is -1.40. The number of piperidine rings is 1. The molecule has 11 heteroatoms. The van der Waals surface area contributed by atoms with E-state index in [9.17, 15) is 29.1 Å². The molecule has 1 aliphatic rings. The lowest BCUT2D eigenvalue weighted by Crippen LogP contribution is -2.53. The number of carbonyl (C=O) groups excluding carboxylic acids is 4. The summed E-state index contributed by atoms with van der Waals surface area (Å²) < 4.78 is 5.32. The molecule has 35 heavy (non-hydrogen) atoms. The fourth-order valence-electron chi connectivity index (χ4n) is 3.77. The van der Waals surface area contributed by atoms with Crippen molar-refractivity contribution in [2.75, 3.05) is 13.1 Å². The number of benzene rings is 1. The Labute approximate surface area is 204 Å². The van der Waals surface area contributed by atoms with Crippen LogP contribution < -0.4 is 16.4 Å². The summed E-state index contributed by atoms with van der Waals surface area (Å²) >= 11 is 0. The quantitative estimate of drug-likeness (QED) is 0.397. The number of amides is 4. The molecule has 4 amide bonds. The largest absolute Gasteiger partial charge is 0.480 e. The highest BCUT2D eigenvalue weighted by atomic mass is 16.6. The third-order valence-electron chi connectivity index (χ3n) is 5.47. The molecule has 1 aromatic rings. The van der Waals surface area contributed by atoms with Gasteiger partial charge in [-0.15, -0.1) is 0 Å². The number of nitrogens with two attached hydrogens (primary N) is 1. The van der Waals surface area contributed by atoms with Crippen LogP contribution in [0.15, 0.2) is 30.3 Å². The Balaban J connectivity index is 2.02. The summed E-state index contributed by atoms with van der Waals surface area (Å²) in [4.78, 5) is 62.1. The minimum Gasteiger partial charge on any atom is -0.480 e. The Morgan fingerprint density at radius 3 is 2.17 bits per heavy atom. The number of ether oxygens (including phenoxy) is 1. The van der Waals surface area contributed by atoms with E-state index in [1.165, 1.54) is 0 Å². The van der Waals surface area contributed by atoms with Crippen LogP contribution in [0.2, 0.25) is 0 Å². The van der Waals surface area contributed by atoms with E-state index in [0.29, 0.717) is 12.8 Å². The second-order valence-corrected chi connectivity index (χ2v) is 9.56. The average Bonchev–Trinajstić information content (AvgIpc) is 2.77. The van der Waals surface area contributed by atoms with Gasteiger partial charge in [0.15, 0.2) is 0 Å². The summed E-state index contributed by atoms with van der Waals surface area (Å²) in [7, 11) is 0. The lowest BCUT2D eigenvalue weighted by molar-refractivity contribution is -0.144. The van der Waals surface area contributed by atoms with Crippen molar-refractivity contribution in [1.29, 1.82) is 0 Å². The molecule has 0 unspecified atom stereocenters. The molecule has 5 N–H and O–H groups in total. The maximum atomic E-state index is 13.3. The van der Waals surface area contributed by atoms with Crippen molar-refractivity contribution < 1.29 is 33.8 Å². The maximum Gasteiger partial charge on any atom is 0.408 e. The lowest BCUT2D eigenvalue weighted by atomic mass is 9.94. The van der Waals surface area contributed by atoms with Crippen molar-refractivity contribution in [2.24, 2.45) is 11.7 Å². The van der Waals surface area contributed by atoms with E-state index in [1.54, 1.807) is 25.7 Å². The van der Waals surface area contributed by atoms with Crippen LogP contribution in [0, 0.1) is 5.92 Å². The molecule has 0 aromatic heterocycles. The second kappa shape index (κ2) is 12.2. The number of carboxylic acids is 1. The van der Waals surface area contributed by atoms with Gasteiger partial charge in [0, 0.05) is 25.4 Å². The van der Waals surface area contributed by atoms with Gasteiger partial charge in [0.2, 0.25) is 17.7 Å². The number of likely N-dealkylation sites (tertiary alicyclic amines) is 1. The van der Waals surface area contributed by atoms with Crippen molar-refractivity contribution in [1.82, 2.24) is 15.5 Å². The average molecular weight is 491 g/mol. The van der Waals surface area contributed by atoms with Gasteiger partial charge in [-0.25, -0.2) is 9.59 Å². The Morgan fingerprint density at radius 1 is 1.06 bits per heavy atom. The Morgan fingerprint density at radius 2 is 1.66 bits per heavy atom. The summed E-state index contributed by atoms with van der Waals surface area (Å²) in [5.41, 5.74) is 5.19. The SMILES string of the molecule is CC(C)(C)OC(=O)N[C@@H](Cc1ccccc1)C(=O)N1CCC(C(=O)N[C@@H](CC(N)=O)C(=O)O)CC1. The first-order chi connectivity index (χ1) is 16.4. The van der Waals surface area contributed by atoms with E-state index in [-0.39, 0.29) is 25.4 Å². The number of alkyl carbamates (subject to hydrolysis) is 1. The molecule has 1 heterocycles. The fourth-order valence-corrected chi connectivity index (χ4v) is 3.77. The molecule has 1 fully saturated rings. The van der Waals surface area contributed by atoms with Crippen LogP contribution in [0.3, 0.4) is 0 Å². The standard InChI is InChI=1S/C24H34N4O7/c1-24(2,3)35-23(34)27-17(13-15-7-5-4-6-8-15)21(31)28-11-9-16(10-12-28)20(30)26-18(22(32)33)14-19(25)29/h4-8,16-18H,9-14H2,1-3H3,(H2,25,29)(H,26,30)(H,27,34)(H,32,33)/t17-,18-/m0/s1. The Bertz CT molecular complexity index is 922. The van der Waals surface area contributed by atoms with Crippen LogP contribution in [-0.4, -0.2) is 70.6 Å². The fraction of sp³-hybridized carbons (Fsp3) is 0.542. The van der Waals surface area contributed by atoms with Crippen molar-refractivity contribution in [3.05, 3.63) is 35.9 Å². The molecule has 1 aromatic carbocycles. The highest BCUT2D eigenvalue weighted by molar-refractivity contribution is 5.89. The van der Waals surface area contributed by atoms with E-state index < -0.39 is 53.9 Å². The number of carboxylic acid groups (broad SMARTS) is 1. The zero-order valence-corrected chi connectivity index (χ0v) is 20.3. The molecule has 0 saturated carbocycles. The molecular formula is C24H34N4O7. The molecule has 2 atom stereocenters. The summed E-state index contributed by atoms with van der Waals surface area (Å²) in [6, 6.07) is 7.01. The topological polar surface area (TPSA) is 168 Å². The van der Waals surface area contributed by atoms with Gasteiger partial charge in [0.1, 0.15) is 17.7 Å². The van der Waals surface area contributed by atoms with Crippen LogP contribution in [0.4, 0.5) is 4.79 Å². The molecule has 1 saturated heterocycles. The summed E-state index contributed by atoms with van der Waals surface area (Å²) in [5.74, 6) is -3.49. The normalized spacial score (nSPS) is 16.0. The molecule has 0 spiro atoms. The van der Waals surface area contributed by atoms with Gasteiger partial charge in [0.05, 0.1) is 6.42 Å². The molecular weight excluding hydrogens is 456 g/mol. The molecule has 0 bridgehead atoms. The Kier molecular flexibility index (Phi) is 9.61. The number of hydrogen-bond acceptors (Lipinski definition) is 6. The first kappa shape index (κ1) is 27.6. The third kappa shape index (κ3) is 9.26. The van der Waals surface area contributed by atoms with E-state index in [2.05, 4.69) is 10.6 Å². The summed E-state index contributed by atoms with van der Waals surface area (Å²) in [6.07, 6.45) is -0.311. The third-order valence-corrected chi connectivity index (χ3v) is 5.47. The predicted molar refractivity (Wildman–Crippen MR) is 126 cm³/mol. The zero-order valence-electron chi connectivity index (χ0n) is 20.3. The molecule has 2 rings (SSSR count). The monoisotopic (exact) mass is 490 g/mol. The van der Waals surface area contributed by atoms with Crippen molar-refractivity contribution in [3.63, 3.8) is 0 Å². The van der Waals surface area contributed by atoms with E-state index in [1.807, 2.05) is 30.3 Å². The van der Waals surface area contributed by atoms with Crippen molar-refractivity contribution in [2.45, 2.75) is 64.1 Å². The first-order valence-electron chi connectivity index (χ1n) is 11.5. The van der Waals surface area contributed by atoms with Gasteiger partial charge in [-0.1, -0.05) is 30.3 Å². The van der Waals surface area contributed by atoms with E-state index in [0.717, 1.165) is 5.56 Å². The smallest absolute Gasteiger partial charge is 0.408 e. The zero-order chi connectivity index (χ0) is 26.2. The minimum absolute atomic E-state index is 0.256. The van der Waals surface area contributed by atoms with E-state index in [4.69, 9.17) is 10.5 Å². The van der Waals surface area contributed by atoms with Crippen LogP contribution >= 0.6 is 0 Å². The van der Waals surface area contributed by atoms with Gasteiger partial charge < -0.3 is 31.1 Å². The first-order valence-corrected chi connectivity index (χ1v) is 11.5. The highest BCUT2D eigenvalue weighted by Crippen LogP contribution is 2.20. The summed E-state index contributed by atoms with van der Waals surface area (Å²) in [6.45, 7) is 5.70. The molecule has 0 aliphatic carbocycles. The summed E-state index contributed by atoms with van der Waals surface area (Å²) in [5, 5.41) is 14.2. The van der Waals surface area contributed by atoms with Crippen LogP contribution in [-0.2, 0) is 30.3 Å². The van der Waals surface area contributed by atoms with E-state index >= 15 is 0 Å². The highest BCUT2D eigenvalue weighted by Gasteiger charge is 2.34. The maximum absolute atomic E-state index is 13.3. The number of carbonyl (C=O) groups is 5. The molecule has 192 valence electrons.